The molecule has 57 heavy (non-hydrogen) atoms. The maximum absolute atomic E-state index is 6.19. The van der Waals surface area contributed by atoms with Crippen LogP contribution in [0.5, 0.6) is 0 Å². The third kappa shape index (κ3) is 5.92. The van der Waals surface area contributed by atoms with Gasteiger partial charge >= 0.3 is 0 Å². The predicted octanol–water partition coefficient (Wildman–Crippen LogP) is 14.1. The van der Waals surface area contributed by atoms with Crippen LogP contribution in [0.1, 0.15) is 0 Å². The van der Waals surface area contributed by atoms with Crippen molar-refractivity contribution in [2.45, 2.75) is 0 Å². The van der Waals surface area contributed by atoms with Gasteiger partial charge in [0, 0.05) is 27.5 Å². The molecule has 2 aromatic heterocycles. The minimum absolute atomic E-state index is 0.628. The number of hydrogen-bond acceptors (Lipinski definition) is 4. The van der Waals surface area contributed by atoms with E-state index in [2.05, 4.69) is 176 Å². The van der Waals surface area contributed by atoms with E-state index in [9.17, 15) is 0 Å². The highest BCUT2D eigenvalue weighted by Crippen LogP contribution is 2.38. The highest BCUT2D eigenvalue weighted by molar-refractivity contribution is 6.13. The third-order valence-electron chi connectivity index (χ3n) is 10.9. The van der Waals surface area contributed by atoms with Crippen LogP contribution in [0.4, 0.5) is 0 Å². The molecule has 2 heterocycles. The molecule has 11 aromatic rings. The van der Waals surface area contributed by atoms with Gasteiger partial charge in [0.05, 0.1) is 0 Å². The normalized spacial score (nSPS) is 11.5. The molecule has 4 heteroatoms. The number of rotatable bonds is 6. The average molecular weight is 728 g/mol. The second-order valence-electron chi connectivity index (χ2n) is 14.4. The molecule has 0 saturated heterocycles. The highest BCUT2D eigenvalue weighted by atomic mass is 16.3. The van der Waals surface area contributed by atoms with Gasteiger partial charge in [0.1, 0.15) is 11.2 Å². The first-order valence-corrected chi connectivity index (χ1v) is 19.2. The zero-order chi connectivity index (χ0) is 37.7. The highest BCUT2D eigenvalue weighted by Gasteiger charge is 2.16. The van der Waals surface area contributed by atoms with Crippen LogP contribution in [0, 0.1) is 0 Å². The summed E-state index contributed by atoms with van der Waals surface area (Å²) in [5.74, 6) is 1.90. The van der Waals surface area contributed by atoms with Crippen molar-refractivity contribution in [3.05, 3.63) is 200 Å². The van der Waals surface area contributed by atoms with E-state index < -0.39 is 0 Å². The summed E-state index contributed by atoms with van der Waals surface area (Å²) in [4.78, 5) is 15.4. The summed E-state index contributed by atoms with van der Waals surface area (Å²) in [5, 5.41) is 6.88. The maximum Gasteiger partial charge on any atom is 0.164 e. The van der Waals surface area contributed by atoms with Crippen LogP contribution in [-0.4, -0.2) is 15.0 Å². The summed E-state index contributed by atoms with van der Waals surface area (Å²) in [7, 11) is 0. The lowest BCUT2D eigenvalue weighted by atomic mass is 9.95. The Morgan fingerprint density at radius 2 is 0.807 bits per heavy atom. The van der Waals surface area contributed by atoms with Crippen molar-refractivity contribution in [2.24, 2.45) is 0 Å². The molecule has 0 aliphatic carbocycles. The lowest BCUT2D eigenvalue weighted by Crippen LogP contribution is -2.00. The second kappa shape index (κ2) is 13.6. The molecule has 266 valence electrons. The Labute approximate surface area is 329 Å². The molecule has 0 aliphatic heterocycles. The van der Waals surface area contributed by atoms with E-state index in [0.717, 1.165) is 71.7 Å². The van der Waals surface area contributed by atoms with Crippen LogP contribution in [0.2, 0.25) is 0 Å². The molecule has 0 N–H and O–H groups in total. The molecule has 0 aliphatic rings. The van der Waals surface area contributed by atoms with Crippen molar-refractivity contribution in [1.29, 1.82) is 0 Å². The molecule has 0 amide bonds. The van der Waals surface area contributed by atoms with Gasteiger partial charge in [-0.05, 0) is 85.3 Å². The number of aromatic nitrogens is 3. The molecule has 0 radical (unpaired) electrons. The maximum atomic E-state index is 6.19. The molecule has 0 saturated carbocycles. The fourth-order valence-electron chi connectivity index (χ4n) is 8.06. The first-order valence-electron chi connectivity index (χ1n) is 19.2. The number of benzene rings is 9. The summed E-state index contributed by atoms with van der Waals surface area (Å²) >= 11 is 0. The van der Waals surface area contributed by atoms with Gasteiger partial charge in [0.2, 0.25) is 0 Å². The van der Waals surface area contributed by atoms with E-state index in [1.807, 2.05) is 24.3 Å². The molecule has 0 unspecified atom stereocenters. The van der Waals surface area contributed by atoms with Crippen molar-refractivity contribution in [3.8, 4) is 67.5 Å². The second-order valence-corrected chi connectivity index (χ2v) is 14.4. The topological polar surface area (TPSA) is 51.8 Å². The largest absolute Gasteiger partial charge is 0.456 e. The molecule has 0 spiro atoms. The Bertz CT molecular complexity index is 3290. The Kier molecular flexibility index (Phi) is 7.78. The van der Waals surface area contributed by atoms with Gasteiger partial charge in [-0.1, -0.05) is 170 Å². The van der Waals surface area contributed by atoms with Gasteiger partial charge < -0.3 is 4.42 Å². The minimum atomic E-state index is 0.628. The molecular weight excluding hydrogens is 695 g/mol. The van der Waals surface area contributed by atoms with Crippen LogP contribution in [0.15, 0.2) is 205 Å². The van der Waals surface area contributed by atoms with E-state index in [1.165, 1.54) is 21.9 Å². The monoisotopic (exact) mass is 727 g/mol. The Morgan fingerprint density at radius 1 is 0.281 bits per heavy atom. The Balaban J connectivity index is 0.986. The fraction of sp³-hybridized carbons (Fsp3) is 0. The minimum Gasteiger partial charge on any atom is -0.456 e. The number of nitrogens with zero attached hydrogens (tertiary/aromatic N) is 3. The molecule has 0 atom stereocenters. The van der Waals surface area contributed by atoms with Crippen LogP contribution in [0.25, 0.3) is 111 Å². The van der Waals surface area contributed by atoms with Crippen molar-refractivity contribution in [3.63, 3.8) is 0 Å². The molecular formula is C53H33N3O. The summed E-state index contributed by atoms with van der Waals surface area (Å²) in [6, 6.07) is 70.0. The lowest BCUT2D eigenvalue weighted by molar-refractivity contribution is 0.669. The van der Waals surface area contributed by atoms with Crippen LogP contribution in [-0.2, 0) is 0 Å². The van der Waals surface area contributed by atoms with E-state index in [4.69, 9.17) is 19.4 Å². The molecule has 4 nitrogen and oxygen atoms in total. The van der Waals surface area contributed by atoms with Crippen molar-refractivity contribution < 1.29 is 4.42 Å². The number of fused-ring (bicyclic) bond motifs is 5. The third-order valence-corrected chi connectivity index (χ3v) is 10.9. The van der Waals surface area contributed by atoms with Crippen LogP contribution >= 0.6 is 0 Å². The van der Waals surface area contributed by atoms with Gasteiger partial charge in [-0.2, -0.15) is 0 Å². The van der Waals surface area contributed by atoms with Crippen molar-refractivity contribution in [2.75, 3.05) is 0 Å². The quantitative estimate of drug-likeness (QED) is 0.171. The molecule has 0 bridgehead atoms. The first kappa shape index (κ1) is 32.7. The lowest BCUT2D eigenvalue weighted by Gasteiger charge is -2.12. The van der Waals surface area contributed by atoms with E-state index in [1.54, 1.807) is 0 Å². The Hall–Kier alpha value is -7.69. The van der Waals surface area contributed by atoms with E-state index in [0.29, 0.717) is 17.5 Å². The smallest absolute Gasteiger partial charge is 0.164 e. The molecule has 0 fully saturated rings. The number of furan rings is 1. The van der Waals surface area contributed by atoms with Gasteiger partial charge in [-0.15, -0.1) is 0 Å². The van der Waals surface area contributed by atoms with Crippen molar-refractivity contribution in [1.82, 2.24) is 15.0 Å². The number of para-hydroxylation sites is 1. The molecule has 9 aromatic carbocycles. The molecule has 11 rings (SSSR count). The SMILES string of the molecule is c1ccc(-c2ccc(-c3nc(-c4cccc(-c5ccc6cc(-c7cccc8oc9ccccc9c78)ccc6c5)c4)nc(-c4cccc5ccccc45)n3)cc2)cc1. The summed E-state index contributed by atoms with van der Waals surface area (Å²) in [6.07, 6.45) is 0. The standard InChI is InChI=1S/C53H33N3O/c1-2-11-34(12-3-1)35-23-25-37(26-24-35)51-54-52(56-53(55-51)46-20-9-14-36-13-4-5-17-44(36)46)43-16-8-15-38(33-43)39-27-28-41-32-42(30-29-40(41)31-39)45-19-10-22-49-50(45)47-18-6-7-21-48(47)57-49/h1-33H. The van der Waals surface area contributed by atoms with Gasteiger partial charge in [0.25, 0.3) is 0 Å². The van der Waals surface area contributed by atoms with Crippen LogP contribution < -0.4 is 0 Å². The zero-order valence-corrected chi connectivity index (χ0v) is 30.8. The fourth-order valence-corrected chi connectivity index (χ4v) is 8.06. The summed E-state index contributed by atoms with van der Waals surface area (Å²) in [6.45, 7) is 0. The summed E-state index contributed by atoms with van der Waals surface area (Å²) < 4.78 is 6.19. The van der Waals surface area contributed by atoms with Crippen molar-refractivity contribution >= 4 is 43.5 Å². The van der Waals surface area contributed by atoms with Gasteiger partial charge in [-0.25, -0.2) is 15.0 Å². The average Bonchev–Trinajstić information content (AvgIpc) is 3.68. The summed E-state index contributed by atoms with van der Waals surface area (Å²) in [5.41, 5.74) is 11.5. The van der Waals surface area contributed by atoms with Gasteiger partial charge in [0.15, 0.2) is 17.5 Å². The zero-order valence-electron chi connectivity index (χ0n) is 30.8. The van der Waals surface area contributed by atoms with Gasteiger partial charge in [-0.3, -0.25) is 0 Å². The Morgan fingerprint density at radius 3 is 1.67 bits per heavy atom. The predicted molar refractivity (Wildman–Crippen MR) is 235 cm³/mol. The first-order chi connectivity index (χ1) is 28.2. The van der Waals surface area contributed by atoms with Crippen LogP contribution in [0.3, 0.4) is 0 Å². The number of hydrogen-bond donors (Lipinski definition) is 0. The van der Waals surface area contributed by atoms with E-state index in [-0.39, 0.29) is 0 Å². The van der Waals surface area contributed by atoms with E-state index >= 15 is 0 Å².